The van der Waals surface area contributed by atoms with Crippen LogP contribution in [0.5, 0.6) is 0 Å². The highest BCUT2D eigenvalue weighted by Gasteiger charge is 2.20. The number of nitrogens with one attached hydrogen (secondary N) is 2. The molecule has 0 radical (unpaired) electrons. The van der Waals surface area contributed by atoms with Crippen LogP contribution in [0.2, 0.25) is 0 Å². The van der Waals surface area contributed by atoms with Crippen molar-refractivity contribution in [3.05, 3.63) is 6.33 Å². The number of hydrogen-bond donors (Lipinski definition) is 2. The second kappa shape index (κ2) is 7.46. The molecule has 0 bridgehead atoms. The zero-order valence-electron chi connectivity index (χ0n) is 14.4. The van der Waals surface area contributed by atoms with Crippen LogP contribution in [-0.2, 0) is 11.3 Å². The van der Waals surface area contributed by atoms with Crippen LogP contribution in [0.25, 0.3) is 11.2 Å². The van der Waals surface area contributed by atoms with Crippen LogP contribution in [0, 0.1) is 0 Å². The summed E-state index contributed by atoms with van der Waals surface area (Å²) in [4.78, 5) is 27.3. The molecule has 2 aromatic rings. The predicted octanol–water partition coefficient (Wildman–Crippen LogP) is 1.70. The number of likely N-dealkylation sites (tertiary alicyclic amines) is 1. The quantitative estimate of drug-likeness (QED) is 0.765. The number of fused-ring (bicyclic) bond motifs is 1. The number of imidazole rings is 1. The maximum atomic E-state index is 11.8. The van der Waals surface area contributed by atoms with E-state index in [1.807, 2.05) is 16.4 Å². The Bertz CT molecular complexity index is 712. The van der Waals surface area contributed by atoms with Gasteiger partial charge in [-0.1, -0.05) is 6.92 Å². The molecule has 1 aliphatic rings. The molecular weight excluding hydrogens is 306 g/mol. The summed E-state index contributed by atoms with van der Waals surface area (Å²) in [6.45, 7) is 7.97. The number of hydrogen-bond acceptors (Lipinski definition) is 6. The number of aromatic nitrogens is 4. The lowest BCUT2D eigenvalue weighted by Gasteiger charge is -2.16. The van der Waals surface area contributed by atoms with E-state index in [1.165, 1.54) is 0 Å². The average Bonchev–Trinajstić information content (AvgIpc) is 3.17. The number of rotatable bonds is 8. The third kappa shape index (κ3) is 3.42. The Morgan fingerprint density at radius 3 is 2.79 bits per heavy atom. The first kappa shape index (κ1) is 16.5. The molecule has 1 fully saturated rings. The number of amides is 1. The van der Waals surface area contributed by atoms with Gasteiger partial charge < -0.3 is 20.1 Å². The molecule has 8 nitrogen and oxygen atoms in total. The van der Waals surface area contributed by atoms with E-state index in [0.717, 1.165) is 49.5 Å². The van der Waals surface area contributed by atoms with Crippen molar-refractivity contribution < 1.29 is 4.79 Å². The predicted molar refractivity (Wildman–Crippen MR) is 94.1 cm³/mol. The molecule has 1 amide bonds. The van der Waals surface area contributed by atoms with Gasteiger partial charge in [-0.25, -0.2) is 4.98 Å². The number of carbonyl (C=O) groups is 1. The van der Waals surface area contributed by atoms with Gasteiger partial charge in [0.1, 0.15) is 0 Å². The van der Waals surface area contributed by atoms with Crippen LogP contribution < -0.4 is 10.6 Å². The lowest BCUT2D eigenvalue weighted by Crippen LogP contribution is -2.28. The molecule has 130 valence electrons. The van der Waals surface area contributed by atoms with E-state index in [1.54, 1.807) is 6.33 Å². The molecule has 0 aliphatic carbocycles. The largest absolute Gasteiger partial charge is 0.368 e. The molecular formula is C16H25N7O. The van der Waals surface area contributed by atoms with Crippen LogP contribution in [0.1, 0.15) is 33.1 Å². The van der Waals surface area contributed by atoms with Crippen molar-refractivity contribution >= 4 is 28.8 Å². The van der Waals surface area contributed by atoms with Gasteiger partial charge in [-0.05, 0) is 19.8 Å². The van der Waals surface area contributed by atoms with Gasteiger partial charge in [0.2, 0.25) is 11.9 Å². The van der Waals surface area contributed by atoms with E-state index >= 15 is 0 Å². The third-order valence-electron chi connectivity index (χ3n) is 4.12. The van der Waals surface area contributed by atoms with Gasteiger partial charge in [0.15, 0.2) is 17.0 Å². The topological polar surface area (TPSA) is 88.0 Å². The zero-order chi connectivity index (χ0) is 16.9. The summed E-state index contributed by atoms with van der Waals surface area (Å²) in [5.74, 6) is 1.60. The van der Waals surface area contributed by atoms with Crippen molar-refractivity contribution in [2.45, 2.75) is 39.7 Å². The second-order valence-corrected chi connectivity index (χ2v) is 5.95. The van der Waals surface area contributed by atoms with Gasteiger partial charge in [-0.3, -0.25) is 4.79 Å². The first-order valence-corrected chi connectivity index (χ1v) is 8.71. The molecule has 0 unspecified atom stereocenters. The highest BCUT2D eigenvalue weighted by Crippen LogP contribution is 2.21. The van der Waals surface area contributed by atoms with E-state index in [2.05, 4.69) is 32.5 Å². The van der Waals surface area contributed by atoms with Crippen LogP contribution >= 0.6 is 0 Å². The molecule has 24 heavy (non-hydrogen) atoms. The molecule has 0 spiro atoms. The van der Waals surface area contributed by atoms with Crippen LogP contribution in [0.3, 0.4) is 0 Å². The summed E-state index contributed by atoms with van der Waals surface area (Å²) in [6, 6.07) is 0. The minimum atomic E-state index is 0.243. The summed E-state index contributed by atoms with van der Waals surface area (Å²) in [5.41, 5.74) is 1.57. The Kier molecular flexibility index (Phi) is 5.12. The lowest BCUT2D eigenvalue weighted by atomic mass is 10.4. The van der Waals surface area contributed by atoms with Gasteiger partial charge in [0, 0.05) is 39.1 Å². The summed E-state index contributed by atoms with van der Waals surface area (Å²) >= 11 is 0. The third-order valence-corrected chi connectivity index (χ3v) is 4.12. The molecule has 0 atom stereocenters. The highest BCUT2D eigenvalue weighted by molar-refractivity contribution is 5.84. The summed E-state index contributed by atoms with van der Waals surface area (Å²) in [7, 11) is 0. The fourth-order valence-corrected chi connectivity index (χ4v) is 2.88. The molecule has 2 aromatic heterocycles. The molecule has 1 saturated heterocycles. The van der Waals surface area contributed by atoms with Crippen molar-refractivity contribution in [1.29, 1.82) is 0 Å². The first-order chi connectivity index (χ1) is 11.7. The summed E-state index contributed by atoms with van der Waals surface area (Å²) in [6.07, 6.45) is 4.43. The lowest BCUT2D eigenvalue weighted by molar-refractivity contribution is -0.127. The van der Waals surface area contributed by atoms with Gasteiger partial charge >= 0.3 is 0 Å². The summed E-state index contributed by atoms with van der Waals surface area (Å²) < 4.78 is 2.00. The molecule has 0 saturated carbocycles. The van der Waals surface area contributed by atoms with E-state index < -0.39 is 0 Å². The van der Waals surface area contributed by atoms with Gasteiger partial charge in [-0.2, -0.15) is 9.97 Å². The SMILES string of the molecule is CCCNc1nc(NCC)nc2c1ncn2CCN1CCCC1=O. The highest BCUT2D eigenvalue weighted by atomic mass is 16.2. The molecule has 1 aliphatic heterocycles. The van der Waals surface area contributed by atoms with Gasteiger partial charge in [0.05, 0.1) is 6.33 Å². The number of nitrogens with zero attached hydrogens (tertiary/aromatic N) is 5. The first-order valence-electron chi connectivity index (χ1n) is 8.71. The smallest absolute Gasteiger partial charge is 0.226 e. The van der Waals surface area contributed by atoms with Crippen molar-refractivity contribution in [2.24, 2.45) is 0 Å². The van der Waals surface area contributed by atoms with Crippen molar-refractivity contribution in [2.75, 3.05) is 36.8 Å². The fraction of sp³-hybridized carbons (Fsp3) is 0.625. The van der Waals surface area contributed by atoms with E-state index in [9.17, 15) is 4.79 Å². The van der Waals surface area contributed by atoms with Crippen LogP contribution in [0.4, 0.5) is 11.8 Å². The van der Waals surface area contributed by atoms with E-state index in [0.29, 0.717) is 25.5 Å². The van der Waals surface area contributed by atoms with Crippen LogP contribution in [-0.4, -0.2) is 56.5 Å². The number of carbonyl (C=O) groups excluding carboxylic acids is 1. The fourth-order valence-electron chi connectivity index (χ4n) is 2.88. The van der Waals surface area contributed by atoms with Gasteiger partial charge in [-0.15, -0.1) is 0 Å². The molecule has 2 N–H and O–H groups in total. The Hall–Kier alpha value is -2.38. The van der Waals surface area contributed by atoms with Crippen molar-refractivity contribution in [3.63, 3.8) is 0 Å². The average molecular weight is 331 g/mol. The zero-order valence-corrected chi connectivity index (χ0v) is 14.4. The van der Waals surface area contributed by atoms with E-state index in [-0.39, 0.29) is 5.91 Å². The maximum absolute atomic E-state index is 11.8. The Balaban J connectivity index is 1.85. The monoisotopic (exact) mass is 331 g/mol. The normalized spacial score (nSPS) is 14.6. The second-order valence-electron chi connectivity index (χ2n) is 5.95. The molecule has 0 aromatic carbocycles. The summed E-state index contributed by atoms with van der Waals surface area (Å²) in [5, 5.41) is 6.49. The Morgan fingerprint density at radius 1 is 1.21 bits per heavy atom. The minimum absolute atomic E-state index is 0.243. The minimum Gasteiger partial charge on any atom is -0.368 e. The van der Waals surface area contributed by atoms with E-state index in [4.69, 9.17) is 0 Å². The standard InChI is InChI=1S/C16H25N7O/c1-3-7-18-14-13-15(21-16(20-14)17-4-2)23(11-19-13)10-9-22-8-5-6-12(22)24/h11H,3-10H2,1-2H3,(H2,17,18,20,21). The van der Waals surface area contributed by atoms with Crippen LogP contribution in [0.15, 0.2) is 6.33 Å². The van der Waals surface area contributed by atoms with Gasteiger partial charge in [0.25, 0.3) is 0 Å². The molecule has 3 rings (SSSR count). The Labute approximate surface area is 141 Å². The molecule has 3 heterocycles. The molecule has 8 heteroatoms. The van der Waals surface area contributed by atoms with Crippen molar-refractivity contribution in [1.82, 2.24) is 24.4 Å². The Morgan fingerprint density at radius 2 is 2.08 bits per heavy atom. The maximum Gasteiger partial charge on any atom is 0.226 e. The number of anilines is 2. The van der Waals surface area contributed by atoms with Crippen molar-refractivity contribution in [3.8, 4) is 0 Å².